The highest BCUT2D eigenvalue weighted by Gasteiger charge is 2.27. The number of carbonyl (C=O) groups excluding carboxylic acids is 2. The Hall–Kier alpha value is -1.82. The van der Waals surface area contributed by atoms with Crippen molar-refractivity contribution < 1.29 is 14.0 Å². The molecule has 0 unspecified atom stereocenters. The van der Waals surface area contributed by atoms with Gasteiger partial charge in [0.2, 0.25) is 11.8 Å². The molecule has 1 aliphatic heterocycles. The lowest BCUT2D eigenvalue weighted by molar-refractivity contribution is -0.148. The van der Waals surface area contributed by atoms with Crippen LogP contribution in [0.1, 0.15) is 30.4 Å². The summed E-state index contributed by atoms with van der Waals surface area (Å²) in [6.07, 6.45) is 1.20. The molecule has 0 saturated carbocycles. The molecule has 2 rings (SSSR count). The number of imide groups is 1. The smallest absolute Gasteiger partial charge is 0.229 e. The van der Waals surface area contributed by atoms with Gasteiger partial charge >= 0.3 is 0 Å². The van der Waals surface area contributed by atoms with Crippen LogP contribution in [-0.4, -0.2) is 21.7 Å². The van der Waals surface area contributed by atoms with E-state index in [9.17, 15) is 14.0 Å². The Bertz CT molecular complexity index is 544. The number of nitrogens with zero attached hydrogens (tertiary/aromatic N) is 1. The lowest BCUT2D eigenvalue weighted by atomic mass is 10.1. The SMILES string of the molecule is NC(=S)c1cccc(CN2C(=O)CCCC2=O)c1F. The van der Waals surface area contributed by atoms with E-state index in [1.807, 2.05) is 0 Å². The number of piperidine rings is 1. The van der Waals surface area contributed by atoms with Gasteiger partial charge in [-0.2, -0.15) is 0 Å². The molecule has 0 bridgehead atoms. The Labute approximate surface area is 115 Å². The molecule has 0 aromatic heterocycles. The van der Waals surface area contributed by atoms with E-state index in [1.54, 1.807) is 6.07 Å². The van der Waals surface area contributed by atoms with Crippen molar-refractivity contribution in [3.05, 3.63) is 35.1 Å². The number of likely N-dealkylation sites (tertiary alicyclic amines) is 1. The van der Waals surface area contributed by atoms with Crippen molar-refractivity contribution in [1.82, 2.24) is 4.90 Å². The molecule has 1 fully saturated rings. The Morgan fingerprint density at radius 1 is 1.32 bits per heavy atom. The molecule has 6 heteroatoms. The summed E-state index contributed by atoms with van der Waals surface area (Å²) >= 11 is 4.75. The molecule has 1 aromatic carbocycles. The van der Waals surface area contributed by atoms with E-state index < -0.39 is 5.82 Å². The van der Waals surface area contributed by atoms with Crippen LogP contribution >= 0.6 is 12.2 Å². The molecular weight excluding hydrogens is 267 g/mol. The number of nitrogens with two attached hydrogens (primary N) is 1. The van der Waals surface area contributed by atoms with Gasteiger partial charge in [-0.15, -0.1) is 0 Å². The molecule has 1 saturated heterocycles. The highest BCUT2D eigenvalue weighted by Crippen LogP contribution is 2.19. The quantitative estimate of drug-likeness (QED) is 0.673. The molecule has 1 aromatic rings. The fourth-order valence-corrected chi connectivity index (χ4v) is 2.20. The van der Waals surface area contributed by atoms with Crippen molar-refractivity contribution in [1.29, 1.82) is 0 Å². The van der Waals surface area contributed by atoms with Gasteiger partial charge in [0.05, 0.1) is 6.54 Å². The van der Waals surface area contributed by atoms with Crippen LogP contribution in [0.15, 0.2) is 18.2 Å². The second kappa shape index (κ2) is 5.44. The number of carbonyl (C=O) groups is 2. The fraction of sp³-hybridized carbons (Fsp3) is 0.308. The van der Waals surface area contributed by atoms with Crippen LogP contribution < -0.4 is 5.73 Å². The second-order valence-corrected chi connectivity index (χ2v) is 4.81. The van der Waals surface area contributed by atoms with Crippen LogP contribution in [0.4, 0.5) is 4.39 Å². The van der Waals surface area contributed by atoms with Gasteiger partial charge in [-0.1, -0.05) is 24.4 Å². The zero-order valence-electron chi connectivity index (χ0n) is 10.2. The Morgan fingerprint density at radius 2 is 1.95 bits per heavy atom. The largest absolute Gasteiger partial charge is 0.389 e. The van der Waals surface area contributed by atoms with Crippen molar-refractivity contribution in [3.8, 4) is 0 Å². The summed E-state index contributed by atoms with van der Waals surface area (Å²) in [5.41, 5.74) is 5.79. The van der Waals surface area contributed by atoms with Crippen molar-refractivity contribution in [2.45, 2.75) is 25.8 Å². The molecule has 0 spiro atoms. The zero-order chi connectivity index (χ0) is 14.0. The van der Waals surface area contributed by atoms with E-state index in [2.05, 4.69) is 0 Å². The van der Waals surface area contributed by atoms with Gasteiger partial charge in [0.15, 0.2) is 0 Å². The van der Waals surface area contributed by atoms with Gasteiger partial charge in [-0.25, -0.2) is 4.39 Å². The standard InChI is InChI=1S/C13H13FN2O2S/c14-12-8(3-1-4-9(12)13(15)19)7-16-10(17)5-2-6-11(16)18/h1,3-4H,2,5-7H2,(H2,15,19). The summed E-state index contributed by atoms with van der Waals surface area (Å²) in [5, 5.41) is 0. The third-order valence-electron chi connectivity index (χ3n) is 3.06. The van der Waals surface area contributed by atoms with Crippen molar-refractivity contribution in [2.24, 2.45) is 5.73 Å². The summed E-state index contributed by atoms with van der Waals surface area (Å²) in [4.78, 5) is 24.4. The fourth-order valence-electron chi connectivity index (χ4n) is 2.04. The molecule has 0 radical (unpaired) electrons. The highest BCUT2D eigenvalue weighted by molar-refractivity contribution is 7.80. The molecule has 0 atom stereocenters. The normalized spacial score (nSPS) is 15.7. The minimum atomic E-state index is -0.568. The Balaban J connectivity index is 2.28. The van der Waals surface area contributed by atoms with E-state index in [4.69, 9.17) is 18.0 Å². The van der Waals surface area contributed by atoms with Gasteiger partial charge in [0.1, 0.15) is 10.8 Å². The molecular formula is C13H13FN2O2S. The third-order valence-corrected chi connectivity index (χ3v) is 3.28. The number of hydrogen-bond acceptors (Lipinski definition) is 3. The first-order valence-corrected chi connectivity index (χ1v) is 6.32. The van der Waals surface area contributed by atoms with Crippen LogP contribution in [0.2, 0.25) is 0 Å². The molecule has 100 valence electrons. The first kappa shape index (κ1) is 13.6. The number of rotatable bonds is 3. The summed E-state index contributed by atoms with van der Waals surface area (Å²) in [5.74, 6) is -1.10. The van der Waals surface area contributed by atoms with Crippen LogP contribution in [0, 0.1) is 5.82 Å². The van der Waals surface area contributed by atoms with E-state index in [-0.39, 0.29) is 34.5 Å². The number of hydrogen-bond donors (Lipinski definition) is 1. The number of halogens is 1. The summed E-state index contributed by atoms with van der Waals surface area (Å²) in [7, 11) is 0. The van der Waals surface area contributed by atoms with Crippen LogP contribution in [0.5, 0.6) is 0 Å². The number of thiocarbonyl (C=S) groups is 1. The van der Waals surface area contributed by atoms with Crippen molar-refractivity contribution in [2.75, 3.05) is 0 Å². The monoisotopic (exact) mass is 280 g/mol. The molecule has 0 aliphatic carbocycles. The maximum absolute atomic E-state index is 14.1. The van der Waals surface area contributed by atoms with Gasteiger partial charge in [0.25, 0.3) is 0 Å². The van der Waals surface area contributed by atoms with E-state index in [0.717, 1.165) is 4.90 Å². The predicted molar refractivity (Wildman–Crippen MR) is 71.7 cm³/mol. The molecule has 19 heavy (non-hydrogen) atoms. The van der Waals surface area contributed by atoms with E-state index >= 15 is 0 Å². The minimum Gasteiger partial charge on any atom is -0.389 e. The van der Waals surface area contributed by atoms with Gasteiger partial charge < -0.3 is 5.73 Å². The number of benzene rings is 1. The first-order chi connectivity index (χ1) is 9.00. The maximum atomic E-state index is 14.1. The third kappa shape index (κ3) is 2.78. The van der Waals surface area contributed by atoms with Crippen molar-refractivity contribution >= 4 is 29.0 Å². The minimum absolute atomic E-state index is 0.0457. The Kier molecular flexibility index (Phi) is 3.90. The number of amides is 2. The average Bonchev–Trinajstić information content (AvgIpc) is 2.35. The van der Waals surface area contributed by atoms with Crippen molar-refractivity contribution in [3.63, 3.8) is 0 Å². The van der Waals surface area contributed by atoms with E-state index in [1.165, 1.54) is 12.1 Å². The molecule has 2 N–H and O–H groups in total. The summed E-state index contributed by atoms with van der Waals surface area (Å²) < 4.78 is 14.1. The first-order valence-electron chi connectivity index (χ1n) is 5.91. The van der Waals surface area contributed by atoms with Crippen LogP contribution in [0.3, 0.4) is 0 Å². The molecule has 2 amide bonds. The maximum Gasteiger partial charge on any atom is 0.229 e. The second-order valence-electron chi connectivity index (χ2n) is 4.37. The van der Waals surface area contributed by atoms with Crippen LogP contribution in [0.25, 0.3) is 0 Å². The zero-order valence-corrected chi connectivity index (χ0v) is 11.0. The van der Waals surface area contributed by atoms with Crippen LogP contribution in [-0.2, 0) is 16.1 Å². The predicted octanol–water partition coefficient (Wildman–Crippen LogP) is 1.50. The summed E-state index contributed by atoms with van der Waals surface area (Å²) in [6, 6.07) is 4.60. The van der Waals surface area contributed by atoms with Gasteiger partial charge in [0, 0.05) is 24.0 Å². The Morgan fingerprint density at radius 3 is 2.53 bits per heavy atom. The summed E-state index contributed by atoms with van der Waals surface area (Å²) in [6.45, 7) is -0.0695. The van der Waals surface area contributed by atoms with E-state index in [0.29, 0.717) is 19.3 Å². The lowest BCUT2D eigenvalue weighted by Crippen LogP contribution is -2.39. The lowest BCUT2D eigenvalue weighted by Gasteiger charge is -2.25. The average molecular weight is 280 g/mol. The molecule has 1 heterocycles. The topological polar surface area (TPSA) is 63.4 Å². The molecule has 4 nitrogen and oxygen atoms in total. The molecule has 1 aliphatic rings. The van der Waals surface area contributed by atoms with Gasteiger partial charge in [-0.3, -0.25) is 14.5 Å². The highest BCUT2D eigenvalue weighted by atomic mass is 32.1. The van der Waals surface area contributed by atoms with Gasteiger partial charge in [-0.05, 0) is 12.5 Å².